The van der Waals surface area contributed by atoms with Gasteiger partial charge in [0.05, 0.1) is 17.3 Å². The topological polar surface area (TPSA) is 84.5 Å². The van der Waals surface area contributed by atoms with Crippen LogP contribution in [0.4, 0.5) is 15.8 Å². The molecule has 0 aliphatic rings. The van der Waals surface area contributed by atoms with E-state index >= 15 is 0 Å². The maximum absolute atomic E-state index is 14.1. The monoisotopic (exact) mass is 502 g/mol. The maximum Gasteiger partial charge on any atom is 0.325 e. The van der Waals surface area contributed by atoms with Crippen LogP contribution in [0.15, 0.2) is 54.6 Å². The molecule has 176 valence electrons. The summed E-state index contributed by atoms with van der Waals surface area (Å²) in [5.74, 6) is -1.99. The van der Waals surface area contributed by atoms with Crippen molar-refractivity contribution in [2.75, 3.05) is 18.5 Å². The van der Waals surface area contributed by atoms with Crippen molar-refractivity contribution in [3.8, 4) is 0 Å². The Labute approximate surface area is 206 Å². The molecule has 3 rings (SSSR count). The van der Waals surface area contributed by atoms with E-state index in [4.69, 9.17) is 27.9 Å². The van der Waals surface area contributed by atoms with Crippen molar-refractivity contribution < 1.29 is 23.5 Å². The number of esters is 1. The lowest BCUT2D eigenvalue weighted by Gasteiger charge is -2.12. The summed E-state index contributed by atoms with van der Waals surface area (Å²) in [6, 6.07) is 13.5. The molecule has 0 saturated carbocycles. The summed E-state index contributed by atoms with van der Waals surface area (Å²) in [4.78, 5) is 37.1. The predicted molar refractivity (Wildman–Crippen MR) is 130 cm³/mol. The molecule has 3 aromatic rings. The second kappa shape index (κ2) is 11.1. The first-order chi connectivity index (χ1) is 16.2. The highest BCUT2D eigenvalue weighted by Gasteiger charge is 2.18. The highest BCUT2D eigenvalue weighted by molar-refractivity contribution is 6.35. The van der Waals surface area contributed by atoms with E-state index in [0.717, 1.165) is 0 Å². The van der Waals surface area contributed by atoms with Gasteiger partial charge < -0.3 is 15.4 Å². The molecule has 0 spiro atoms. The Hall–Kier alpha value is -3.42. The van der Waals surface area contributed by atoms with Crippen LogP contribution in [0.5, 0.6) is 0 Å². The summed E-state index contributed by atoms with van der Waals surface area (Å²) in [5, 5.41) is 5.78. The first kappa shape index (κ1) is 25.2. The molecule has 3 aromatic carbocycles. The van der Waals surface area contributed by atoms with Gasteiger partial charge in [-0.1, -0.05) is 29.3 Å². The third-order valence-corrected chi connectivity index (χ3v) is 5.41. The number of carbonyl (C=O) groups excluding carboxylic acids is 3. The van der Waals surface area contributed by atoms with Crippen LogP contribution in [-0.4, -0.2) is 30.8 Å². The normalized spacial score (nSPS) is 10.5. The number of benzene rings is 3. The van der Waals surface area contributed by atoms with Gasteiger partial charge >= 0.3 is 5.97 Å². The zero-order chi connectivity index (χ0) is 24.8. The Morgan fingerprint density at radius 2 is 1.74 bits per heavy atom. The zero-order valence-electron chi connectivity index (χ0n) is 18.4. The summed E-state index contributed by atoms with van der Waals surface area (Å²) in [6.45, 7) is 3.34. The molecule has 1 amide bonds. The first-order valence-electron chi connectivity index (χ1n) is 10.3. The van der Waals surface area contributed by atoms with Crippen molar-refractivity contribution in [1.82, 2.24) is 5.32 Å². The fraction of sp³-hybridized carbons (Fsp3) is 0.160. The standard InChI is InChI=1S/C25H21Cl2FN2O4/c1-3-34-23(31)13-29-25(33)15-5-4-14(2)19(10-15)24(32)18-8-7-17(12-20(18)27)30-22-9-6-16(26)11-21(22)28/h4-12,30H,3,13H2,1-2H3,(H,29,33). The molecular weight excluding hydrogens is 482 g/mol. The SMILES string of the molecule is CCOC(=O)CNC(=O)c1ccc(C)c(C(=O)c2ccc(Nc3ccc(Cl)cc3F)cc2Cl)c1. The summed E-state index contributed by atoms with van der Waals surface area (Å²) in [6.07, 6.45) is 0. The van der Waals surface area contributed by atoms with E-state index in [9.17, 15) is 18.8 Å². The zero-order valence-corrected chi connectivity index (χ0v) is 19.9. The number of hydrogen-bond acceptors (Lipinski definition) is 5. The van der Waals surface area contributed by atoms with E-state index in [2.05, 4.69) is 10.6 Å². The third-order valence-electron chi connectivity index (χ3n) is 4.87. The van der Waals surface area contributed by atoms with Crippen LogP contribution in [-0.2, 0) is 9.53 Å². The van der Waals surface area contributed by atoms with Crippen LogP contribution >= 0.6 is 23.2 Å². The number of ketones is 1. The molecular formula is C25H21Cl2FN2O4. The third kappa shape index (κ3) is 6.12. The Morgan fingerprint density at radius 3 is 2.41 bits per heavy atom. The molecule has 0 aliphatic carbocycles. The van der Waals surface area contributed by atoms with Crippen molar-refractivity contribution in [2.45, 2.75) is 13.8 Å². The lowest BCUT2D eigenvalue weighted by atomic mass is 9.96. The van der Waals surface area contributed by atoms with Gasteiger partial charge in [-0.25, -0.2) is 4.39 Å². The highest BCUT2D eigenvalue weighted by Crippen LogP contribution is 2.28. The molecule has 0 radical (unpaired) electrons. The number of rotatable bonds is 8. The number of nitrogens with one attached hydrogen (secondary N) is 2. The molecule has 0 unspecified atom stereocenters. The Kier molecular flexibility index (Phi) is 8.26. The van der Waals surface area contributed by atoms with Crippen LogP contribution in [0.2, 0.25) is 10.0 Å². The van der Waals surface area contributed by atoms with Gasteiger partial charge in [0.25, 0.3) is 5.91 Å². The van der Waals surface area contributed by atoms with Gasteiger partial charge in [0, 0.05) is 27.4 Å². The van der Waals surface area contributed by atoms with Crippen LogP contribution in [0.1, 0.15) is 38.8 Å². The van der Waals surface area contributed by atoms with Gasteiger partial charge in [0.15, 0.2) is 5.78 Å². The Morgan fingerprint density at radius 1 is 0.971 bits per heavy atom. The largest absolute Gasteiger partial charge is 0.465 e. The fourth-order valence-electron chi connectivity index (χ4n) is 3.14. The van der Waals surface area contributed by atoms with Crippen LogP contribution in [0.25, 0.3) is 0 Å². The smallest absolute Gasteiger partial charge is 0.325 e. The first-order valence-corrected chi connectivity index (χ1v) is 11.1. The number of aryl methyl sites for hydroxylation is 1. The summed E-state index contributed by atoms with van der Waals surface area (Å²) < 4.78 is 18.8. The van der Waals surface area contributed by atoms with Gasteiger partial charge in [-0.15, -0.1) is 0 Å². The van der Waals surface area contributed by atoms with Crippen molar-refractivity contribution in [3.63, 3.8) is 0 Å². The second-order valence-corrected chi connectivity index (χ2v) is 8.13. The molecule has 0 heterocycles. The quantitative estimate of drug-likeness (QED) is 0.304. The van der Waals surface area contributed by atoms with Gasteiger partial charge in [-0.3, -0.25) is 14.4 Å². The van der Waals surface area contributed by atoms with Crippen molar-refractivity contribution in [1.29, 1.82) is 0 Å². The Balaban J connectivity index is 1.80. The average molecular weight is 503 g/mol. The number of halogens is 3. The number of ether oxygens (including phenoxy) is 1. The number of amides is 1. The molecule has 0 aliphatic heterocycles. The number of anilines is 2. The Bertz CT molecular complexity index is 1260. The lowest BCUT2D eigenvalue weighted by molar-refractivity contribution is -0.141. The molecule has 34 heavy (non-hydrogen) atoms. The van der Waals surface area contributed by atoms with E-state index < -0.39 is 17.7 Å². The second-order valence-electron chi connectivity index (χ2n) is 7.29. The summed E-state index contributed by atoms with van der Waals surface area (Å²) >= 11 is 12.1. The van der Waals surface area contributed by atoms with Gasteiger partial charge in [-0.05, 0) is 67.9 Å². The molecule has 0 fully saturated rings. The van der Waals surface area contributed by atoms with Crippen molar-refractivity contribution in [2.24, 2.45) is 0 Å². The molecule has 0 bridgehead atoms. The van der Waals surface area contributed by atoms with Crippen molar-refractivity contribution in [3.05, 3.63) is 92.7 Å². The molecule has 0 aromatic heterocycles. The minimum absolute atomic E-state index is 0.154. The van der Waals surface area contributed by atoms with E-state index in [-0.39, 0.29) is 51.4 Å². The summed E-state index contributed by atoms with van der Waals surface area (Å²) in [5.41, 5.74) is 2.05. The van der Waals surface area contributed by atoms with E-state index in [1.54, 1.807) is 38.1 Å². The summed E-state index contributed by atoms with van der Waals surface area (Å²) in [7, 11) is 0. The van der Waals surface area contributed by atoms with E-state index in [1.807, 2.05) is 0 Å². The van der Waals surface area contributed by atoms with Gasteiger partial charge in [0.1, 0.15) is 12.4 Å². The van der Waals surface area contributed by atoms with Gasteiger partial charge in [-0.2, -0.15) is 0 Å². The van der Waals surface area contributed by atoms with Crippen molar-refractivity contribution >= 4 is 52.2 Å². The minimum atomic E-state index is -0.557. The number of hydrogen-bond donors (Lipinski definition) is 2. The van der Waals surface area contributed by atoms with E-state index in [0.29, 0.717) is 11.3 Å². The van der Waals surface area contributed by atoms with Crippen LogP contribution < -0.4 is 10.6 Å². The average Bonchev–Trinajstić information content (AvgIpc) is 2.79. The van der Waals surface area contributed by atoms with Crippen LogP contribution in [0, 0.1) is 12.7 Å². The van der Waals surface area contributed by atoms with Crippen LogP contribution in [0.3, 0.4) is 0 Å². The molecule has 0 atom stereocenters. The number of carbonyl (C=O) groups is 3. The minimum Gasteiger partial charge on any atom is -0.465 e. The lowest BCUT2D eigenvalue weighted by Crippen LogP contribution is -2.30. The molecule has 0 saturated heterocycles. The molecule has 6 nitrogen and oxygen atoms in total. The molecule has 2 N–H and O–H groups in total. The predicted octanol–water partition coefficient (Wildman–Crippen LogP) is 5.71. The maximum atomic E-state index is 14.1. The highest BCUT2D eigenvalue weighted by atomic mass is 35.5. The van der Waals surface area contributed by atoms with Gasteiger partial charge in [0.2, 0.25) is 0 Å². The fourth-order valence-corrected chi connectivity index (χ4v) is 3.57. The molecule has 9 heteroatoms. The van der Waals surface area contributed by atoms with E-state index in [1.165, 1.54) is 30.3 Å².